The van der Waals surface area contributed by atoms with Gasteiger partial charge in [0.15, 0.2) is 5.69 Å². The topological polar surface area (TPSA) is 72.1 Å². The van der Waals surface area contributed by atoms with E-state index in [2.05, 4.69) is 23.8 Å². The van der Waals surface area contributed by atoms with E-state index in [1.54, 1.807) is 0 Å². The van der Waals surface area contributed by atoms with E-state index in [0.717, 1.165) is 0 Å². The van der Waals surface area contributed by atoms with E-state index in [1.807, 2.05) is 32.6 Å². The number of carbonyl (C=O) groups excluding carboxylic acids is 1. The largest absolute Gasteiger partial charge is 0.396 e. The molecule has 0 radical (unpaired) electrons. The van der Waals surface area contributed by atoms with Crippen LogP contribution in [-0.4, -0.2) is 33.4 Å². The number of nitrogens with two attached hydrogens (primary N) is 1. The van der Waals surface area contributed by atoms with Crippen molar-refractivity contribution in [2.24, 2.45) is 5.92 Å². The predicted octanol–water partition coefficient (Wildman–Crippen LogP) is 2.69. The van der Waals surface area contributed by atoms with Gasteiger partial charge in [-0.05, 0) is 19.8 Å². The molecule has 20 heavy (non-hydrogen) atoms. The van der Waals surface area contributed by atoms with Crippen LogP contribution in [0.4, 0.5) is 5.69 Å². The third kappa shape index (κ3) is 3.92. The number of carbonyl (C=O) groups is 1. The molecule has 112 valence electrons. The van der Waals surface area contributed by atoms with E-state index in [0.29, 0.717) is 29.7 Å². The first-order valence-electron chi connectivity index (χ1n) is 7.17. The Labute approximate surface area is 121 Å². The molecule has 0 spiro atoms. The summed E-state index contributed by atoms with van der Waals surface area (Å²) < 4.78 is 0. The van der Waals surface area contributed by atoms with Crippen LogP contribution in [0, 0.1) is 5.92 Å². The molecule has 1 amide bonds. The van der Waals surface area contributed by atoms with E-state index >= 15 is 0 Å². The van der Waals surface area contributed by atoms with Crippen LogP contribution in [0.15, 0.2) is 6.20 Å². The molecule has 0 atom stereocenters. The van der Waals surface area contributed by atoms with Gasteiger partial charge in [0.2, 0.25) is 0 Å². The summed E-state index contributed by atoms with van der Waals surface area (Å²) in [5, 5.41) is 0. The van der Waals surface area contributed by atoms with Gasteiger partial charge in [0.1, 0.15) is 5.82 Å². The summed E-state index contributed by atoms with van der Waals surface area (Å²) in [5.74, 6) is 1.10. The predicted molar refractivity (Wildman–Crippen MR) is 81.5 cm³/mol. The number of amides is 1. The first kappa shape index (κ1) is 16.4. The van der Waals surface area contributed by atoms with Crippen LogP contribution in [0.25, 0.3) is 0 Å². The van der Waals surface area contributed by atoms with Crippen LogP contribution >= 0.6 is 0 Å². The quantitative estimate of drug-likeness (QED) is 0.898. The van der Waals surface area contributed by atoms with Crippen LogP contribution in [0.3, 0.4) is 0 Å². The molecule has 1 aromatic rings. The smallest absolute Gasteiger partial charge is 0.274 e. The molecular formula is C15H26N4O. The highest BCUT2D eigenvalue weighted by Gasteiger charge is 2.23. The van der Waals surface area contributed by atoms with Gasteiger partial charge in [-0.1, -0.05) is 27.7 Å². The van der Waals surface area contributed by atoms with Crippen molar-refractivity contribution in [3.63, 3.8) is 0 Å². The molecule has 5 heteroatoms. The fourth-order valence-electron chi connectivity index (χ4n) is 1.91. The maximum absolute atomic E-state index is 12.7. The van der Waals surface area contributed by atoms with Crippen LogP contribution in [0.1, 0.15) is 63.8 Å². The van der Waals surface area contributed by atoms with Gasteiger partial charge in [-0.2, -0.15) is 0 Å². The molecular weight excluding hydrogens is 252 g/mol. The summed E-state index contributed by atoms with van der Waals surface area (Å²) in [4.78, 5) is 23.0. The third-order valence-electron chi connectivity index (χ3n) is 3.00. The van der Waals surface area contributed by atoms with Crippen molar-refractivity contribution in [2.75, 3.05) is 12.3 Å². The number of aromatic nitrogens is 2. The van der Waals surface area contributed by atoms with Crippen molar-refractivity contribution in [1.82, 2.24) is 14.9 Å². The van der Waals surface area contributed by atoms with Gasteiger partial charge >= 0.3 is 0 Å². The van der Waals surface area contributed by atoms with Crippen LogP contribution in [0.5, 0.6) is 0 Å². The molecule has 0 aliphatic heterocycles. The zero-order valence-corrected chi connectivity index (χ0v) is 13.3. The van der Waals surface area contributed by atoms with E-state index in [9.17, 15) is 4.79 Å². The zero-order chi connectivity index (χ0) is 15.4. The lowest BCUT2D eigenvalue weighted by atomic mass is 10.1. The fraction of sp³-hybridized carbons (Fsp3) is 0.667. The summed E-state index contributed by atoms with van der Waals surface area (Å²) in [6.45, 7) is 12.9. The van der Waals surface area contributed by atoms with E-state index < -0.39 is 0 Å². The standard InChI is InChI=1S/C15H26N4O/c1-9(2)8-19(11(5)6)15(20)13-12(16)7-17-14(18-13)10(3)4/h7,9-11H,8,16H2,1-6H3. The molecule has 0 unspecified atom stereocenters. The molecule has 2 N–H and O–H groups in total. The summed E-state index contributed by atoms with van der Waals surface area (Å²) in [6.07, 6.45) is 1.53. The van der Waals surface area contributed by atoms with Gasteiger partial charge in [0.05, 0.1) is 11.9 Å². The lowest BCUT2D eigenvalue weighted by molar-refractivity contribution is 0.0676. The van der Waals surface area contributed by atoms with Crippen molar-refractivity contribution < 1.29 is 4.79 Å². The van der Waals surface area contributed by atoms with Crippen LogP contribution < -0.4 is 5.73 Å². The molecule has 1 aromatic heterocycles. The Morgan fingerprint density at radius 2 is 1.85 bits per heavy atom. The lowest BCUT2D eigenvalue weighted by Crippen LogP contribution is -2.40. The minimum atomic E-state index is -0.115. The van der Waals surface area contributed by atoms with Crippen molar-refractivity contribution in [3.8, 4) is 0 Å². The number of nitrogen functional groups attached to an aromatic ring is 1. The molecule has 1 heterocycles. The van der Waals surface area contributed by atoms with Gasteiger partial charge < -0.3 is 10.6 Å². The highest BCUT2D eigenvalue weighted by molar-refractivity contribution is 5.97. The molecule has 0 aromatic carbocycles. The monoisotopic (exact) mass is 278 g/mol. The zero-order valence-electron chi connectivity index (χ0n) is 13.3. The molecule has 0 fully saturated rings. The molecule has 0 saturated heterocycles. The minimum Gasteiger partial charge on any atom is -0.396 e. The molecule has 0 saturated carbocycles. The van der Waals surface area contributed by atoms with Gasteiger partial charge in [0, 0.05) is 18.5 Å². The Morgan fingerprint density at radius 3 is 2.30 bits per heavy atom. The summed E-state index contributed by atoms with van der Waals surface area (Å²) in [6, 6.07) is 0.113. The summed E-state index contributed by atoms with van der Waals surface area (Å²) in [5.41, 5.74) is 6.55. The van der Waals surface area contributed by atoms with Crippen molar-refractivity contribution in [1.29, 1.82) is 0 Å². The van der Waals surface area contributed by atoms with E-state index in [4.69, 9.17) is 5.73 Å². The Morgan fingerprint density at radius 1 is 1.25 bits per heavy atom. The Kier molecular flexibility index (Phi) is 5.48. The molecule has 0 bridgehead atoms. The second-order valence-electron chi connectivity index (χ2n) is 6.13. The number of anilines is 1. The number of rotatable bonds is 5. The number of hydrogen-bond acceptors (Lipinski definition) is 4. The molecule has 1 rings (SSSR count). The Balaban J connectivity index is 3.14. The lowest BCUT2D eigenvalue weighted by Gasteiger charge is -2.28. The van der Waals surface area contributed by atoms with Gasteiger partial charge in [0.25, 0.3) is 5.91 Å². The fourth-order valence-corrected chi connectivity index (χ4v) is 1.91. The van der Waals surface area contributed by atoms with Crippen molar-refractivity contribution >= 4 is 11.6 Å². The highest BCUT2D eigenvalue weighted by Crippen LogP contribution is 2.17. The van der Waals surface area contributed by atoms with Gasteiger partial charge in [-0.25, -0.2) is 9.97 Å². The van der Waals surface area contributed by atoms with E-state index in [1.165, 1.54) is 6.20 Å². The number of nitrogens with zero attached hydrogens (tertiary/aromatic N) is 3. The summed E-state index contributed by atoms with van der Waals surface area (Å²) in [7, 11) is 0. The average Bonchev–Trinajstić information content (AvgIpc) is 2.34. The maximum Gasteiger partial charge on any atom is 0.274 e. The second-order valence-corrected chi connectivity index (χ2v) is 6.13. The van der Waals surface area contributed by atoms with E-state index in [-0.39, 0.29) is 17.9 Å². The highest BCUT2D eigenvalue weighted by atomic mass is 16.2. The molecule has 0 aliphatic rings. The van der Waals surface area contributed by atoms with Gasteiger partial charge in [-0.15, -0.1) is 0 Å². The van der Waals surface area contributed by atoms with Gasteiger partial charge in [-0.3, -0.25) is 4.79 Å². The van der Waals surface area contributed by atoms with Crippen LogP contribution in [-0.2, 0) is 0 Å². The average molecular weight is 278 g/mol. The minimum absolute atomic E-state index is 0.113. The van der Waals surface area contributed by atoms with Crippen molar-refractivity contribution in [3.05, 3.63) is 17.7 Å². The first-order chi connectivity index (χ1) is 9.23. The molecule has 5 nitrogen and oxygen atoms in total. The number of hydrogen-bond donors (Lipinski definition) is 1. The molecule has 0 aliphatic carbocycles. The first-order valence-corrected chi connectivity index (χ1v) is 7.17. The maximum atomic E-state index is 12.7. The summed E-state index contributed by atoms with van der Waals surface area (Å²) >= 11 is 0. The second kappa shape index (κ2) is 6.68. The normalized spacial score (nSPS) is 11.4. The Bertz CT molecular complexity index is 469. The van der Waals surface area contributed by atoms with Crippen molar-refractivity contribution in [2.45, 2.75) is 53.5 Å². The van der Waals surface area contributed by atoms with Crippen LogP contribution in [0.2, 0.25) is 0 Å². The Hall–Kier alpha value is -1.65. The third-order valence-corrected chi connectivity index (χ3v) is 3.00. The SMILES string of the molecule is CC(C)CN(C(=O)c1nc(C(C)C)ncc1N)C(C)C.